The van der Waals surface area contributed by atoms with Gasteiger partial charge in [-0.05, 0) is 67.6 Å². The number of carbonyl (C=O) groups is 3. The van der Waals surface area contributed by atoms with Crippen LogP contribution < -0.4 is 21.1 Å². The topological polar surface area (TPSA) is 111 Å². The van der Waals surface area contributed by atoms with Crippen molar-refractivity contribution < 1.29 is 19.1 Å². The fourth-order valence-corrected chi connectivity index (χ4v) is 3.73. The number of rotatable bonds is 8. The number of hydrogen-bond donors (Lipinski definition) is 3. The first-order chi connectivity index (χ1) is 15.4. The summed E-state index contributed by atoms with van der Waals surface area (Å²) in [6.45, 7) is 1.77. The summed E-state index contributed by atoms with van der Waals surface area (Å²) < 4.78 is 5.10. The van der Waals surface area contributed by atoms with Gasteiger partial charge in [0.1, 0.15) is 5.75 Å². The van der Waals surface area contributed by atoms with Crippen molar-refractivity contribution in [2.75, 3.05) is 17.7 Å². The Balaban J connectivity index is 1.58. The van der Waals surface area contributed by atoms with Crippen LogP contribution in [0.25, 0.3) is 0 Å². The summed E-state index contributed by atoms with van der Waals surface area (Å²) in [6.07, 6.45) is 0. The van der Waals surface area contributed by atoms with E-state index >= 15 is 0 Å². The molecule has 0 spiro atoms. The van der Waals surface area contributed by atoms with Crippen LogP contribution in [0.2, 0.25) is 0 Å². The number of amides is 3. The summed E-state index contributed by atoms with van der Waals surface area (Å²) in [7, 11) is 1.57. The molecule has 3 rings (SSSR count). The first kappa shape index (κ1) is 22.9. The third kappa shape index (κ3) is 5.89. The number of thioether (sulfide) groups is 1. The Morgan fingerprint density at radius 2 is 1.56 bits per heavy atom. The maximum absolute atomic E-state index is 12.6. The molecular formula is C24H23N3O4S. The number of nitrogens with two attached hydrogens (primary N) is 1. The molecule has 0 aliphatic carbocycles. The summed E-state index contributed by atoms with van der Waals surface area (Å²) in [5.41, 5.74) is 7.16. The highest BCUT2D eigenvalue weighted by Crippen LogP contribution is 2.26. The van der Waals surface area contributed by atoms with Gasteiger partial charge < -0.3 is 21.1 Å². The zero-order chi connectivity index (χ0) is 23.1. The van der Waals surface area contributed by atoms with Gasteiger partial charge in [-0.2, -0.15) is 0 Å². The van der Waals surface area contributed by atoms with Crippen molar-refractivity contribution in [1.82, 2.24) is 0 Å². The van der Waals surface area contributed by atoms with Crippen LogP contribution in [0.5, 0.6) is 5.75 Å². The quantitative estimate of drug-likeness (QED) is 0.447. The van der Waals surface area contributed by atoms with Crippen LogP contribution in [0, 0.1) is 0 Å². The van der Waals surface area contributed by atoms with Gasteiger partial charge in [-0.3, -0.25) is 14.4 Å². The minimum atomic E-state index is -0.603. The minimum absolute atomic E-state index is 0.228. The van der Waals surface area contributed by atoms with Crippen LogP contribution in [-0.2, 0) is 4.79 Å². The lowest BCUT2D eigenvalue weighted by molar-refractivity contribution is -0.115. The van der Waals surface area contributed by atoms with Gasteiger partial charge in [0.2, 0.25) is 5.91 Å². The number of benzene rings is 3. The Morgan fingerprint density at radius 3 is 2.19 bits per heavy atom. The summed E-state index contributed by atoms with van der Waals surface area (Å²) >= 11 is 1.36. The van der Waals surface area contributed by atoms with E-state index in [9.17, 15) is 14.4 Å². The van der Waals surface area contributed by atoms with Gasteiger partial charge in [-0.15, -0.1) is 11.8 Å². The van der Waals surface area contributed by atoms with E-state index in [0.29, 0.717) is 22.7 Å². The molecule has 1 unspecified atom stereocenters. The van der Waals surface area contributed by atoms with Crippen LogP contribution in [-0.4, -0.2) is 30.1 Å². The predicted octanol–water partition coefficient (Wildman–Crippen LogP) is 4.17. The first-order valence-corrected chi connectivity index (χ1v) is 10.7. The predicted molar refractivity (Wildman–Crippen MR) is 126 cm³/mol. The average molecular weight is 450 g/mol. The van der Waals surface area contributed by atoms with Crippen molar-refractivity contribution in [1.29, 1.82) is 0 Å². The van der Waals surface area contributed by atoms with E-state index in [0.717, 1.165) is 4.90 Å². The zero-order valence-corrected chi connectivity index (χ0v) is 18.4. The molecule has 0 fully saturated rings. The van der Waals surface area contributed by atoms with Crippen molar-refractivity contribution in [2.45, 2.75) is 17.1 Å². The number of methoxy groups -OCH3 is 1. The lowest BCUT2D eigenvalue weighted by Crippen LogP contribution is -2.24. The van der Waals surface area contributed by atoms with Gasteiger partial charge in [-0.25, -0.2) is 0 Å². The summed E-state index contributed by atoms with van der Waals surface area (Å²) in [6, 6.07) is 20.6. The molecule has 0 aliphatic heterocycles. The molecule has 0 aliphatic rings. The van der Waals surface area contributed by atoms with Gasteiger partial charge in [0.05, 0.1) is 23.6 Å². The third-order valence-electron chi connectivity index (χ3n) is 4.60. The number of hydrogen-bond acceptors (Lipinski definition) is 5. The number of nitrogens with one attached hydrogen (secondary N) is 2. The van der Waals surface area contributed by atoms with E-state index in [-0.39, 0.29) is 17.4 Å². The van der Waals surface area contributed by atoms with E-state index in [1.165, 1.54) is 11.8 Å². The lowest BCUT2D eigenvalue weighted by atomic mass is 10.1. The maximum Gasteiger partial charge on any atom is 0.255 e. The molecule has 32 heavy (non-hydrogen) atoms. The molecule has 4 N–H and O–H groups in total. The van der Waals surface area contributed by atoms with Crippen LogP contribution in [0.1, 0.15) is 27.6 Å². The van der Waals surface area contributed by atoms with E-state index in [4.69, 9.17) is 10.5 Å². The van der Waals surface area contributed by atoms with Crippen LogP contribution in [0.3, 0.4) is 0 Å². The van der Waals surface area contributed by atoms with Gasteiger partial charge >= 0.3 is 0 Å². The fourth-order valence-electron chi connectivity index (χ4n) is 2.86. The van der Waals surface area contributed by atoms with Gasteiger partial charge in [-0.1, -0.05) is 12.1 Å². The Kier molecular flexibility index (Phi) is 7.51. The average Bonchev–Trinajstić information content (AvgIpc) is 2.80. The van der Waals surface area contributed by atoms with E-state index in [1.807, 2.05) is 12.1 Å². The van der Waals surface area contributed by atoms with Gasteiger partial charge in [0.25, 0.3) is 11.8 Å². The Morgan fingerprint density at radius 1 is 0.906 bits per heavy atom. The molecule has 0 saturated carbocycles. The fraction of sp³-hybridized carbons (Fsp3) is 0.125. The first-order valence-electron chi connectivity index (χ1n) is 9.79. The molecule has 0 heterocycles. The van der Waals surface area contributed by atoms with Gasteiger partial charge in [0.15, 0.2) is 0 Å². The van der Waals surface area contributed by atoms with Crippen molar-refractivity contribution in [3.63, 3.8) is 0 Å². The summed E-state index contributed by atoms with van der Waals surface area (Å²) in [5.74, 6) is -0.401. The van der Waals surface area contributed by atoms with E-state index < -0.39 is 11.2 Å². The zero-order valence-electron chi connectivity index (χ0n) is 17.6. The Bertz CT molecular complexity index is 1110. The number of anilines is 2. The minimum Gasteiger partial charge on any atom is -0.497 e. The smallest absolute Gasteiger partial charge is 0.255 e. The Labute approximate surface area is 190 Å². The highest BCUT2D eigenvalue weighted by Gasteiger charge is 2.17. The number of para-hydroxylation sites is 1. The van der Waals surface area contributed by atoms with Crippen LogP contribution in [0.4, 0.5) is 11.4 Å². The molecule has 1 atom stereocenters. The standard InChI is InChI=1S/C24H23N3O4S/c1-15(23(29)27-21-6-4-3-5-20(21)22(25)28)32-19-13-9-17(10-14-19)26-24(30)16-7-11-18(31-2)12-8-16/h3-15H,1-2H3,(H2,25,28)(H,26,30)(H,27,29). The monoisotopic (exact) mass is 449 g/mol. The SMILES string of the molecule is COc1ccc(C(=O)Nc2ccc(SC(C)C(=O)Nc3ccccc3C(N)=O)cc2)cc1. The third-order valence-corrected chi connectivity index (χ3v) is 5.71. The second-order valence-corrected chi connectivity index (χ2v) is 8.28. The second-order valence-electron chi connectivity index (χ2n) is 6.87. The normalized spacial score (nSPS) is 11.3. The molecule has 3 aromatic rings. The number of ether oxygens (including phenoxy) is 1. The van der Waals surface area contributed by atoms with Crippen molar-refractivity contribution in [3.8, 4) is 5.75 Å². The second kappa shape index (κ2) is 10.5. The summed E-state index contributed by atoms with van der Waals surface area (Å²) in [5, 5.41) is 5.16. The molecule has 164 valence electrons. The molecule has 0 aromatic heterocycles. The van der Waals surface area contributed by atoms with Gasteiger partial charge in [0, 0.05) is 16.1 Å². The largest absolute Gasteiger partial charge is 0.497 e. The highest BCUT2D eigenvalue weighted by atomic mass is 32.2. The van der Waals surface area contributed by atoms with Crippen molar-refractivity contribution >= 4 is 40.9 Å². The molecule has 3 aromatic carbocycles. The van der Waals surface area contributed by atoms with E-state index in [2.05, 4.69) is 10.6 Å². The lowest BCUT2D eigenvalue weighted by Gasteiger charge is -2.14. The molecule has 3 amide bonds. The molecule has 0 saturated heterocycles. The van der Waals surface area contributed by atoms with Crippen LogP contribution in [0.15, 0.2) is 77.7 Å². The van der Waals surface area contributed by atoms with E-state index in [1.54, 1.807) is 74.7 Å². The number of primary amides is 1. The van der Waals surface area contributed by atoms with Crippen molar-refractivity contribution in [3.05, 3.63) is 83.9 Å². The molecule has 7 nitrogen and oxygen atoms in total. The van der Waals surface area contributed by atoms with Crippen molar-refractivity contribution in [2.24, 2.45) is 5.73 Å². The molecular weight excluding hydrogens is 426 g/mol. The maximum atomic E-state index is 12.6. The molecule has 0 bridgehead atoms. The number of carbonyl (C=O) groups excluding carboxylic acids is 3. The molecule has 0 radical (unpaired) electrons. The highest BCUT2D eigenvalue weighted by molar-refractivity contribution is 8.00. The Hall–Kier alpha value is -3.78. The van der Waals surface area contributed by atoms with Crippen LogP contribution >= 0.6 is 11.8 Å². The summed E-state index contributed by atoms with van der Waals surface area (Å²) in [4.78, 5) is 37.3. The molecule has 8 heteroatoms.